The summed E-state index contributed by atoms with van der Waals surface area (Å²) in [6.45, 7) is 4.35. The predicted octanol–water partition coefficient (Wildman–Crippen LogP) is 0.968. The molecular formula is C14H24N2O2. The van der Waals surface area contributed by atoms with Gasteiger partial charge in [-0.25, -0.2) is 0 Å². The summed E-state index contributed by atoms with van der Waals surface area (Å²) in [5.41, 5.74) is -0.712. The zero-order valence-corrected chi connectivity index (χ0v) is 11.5. The van der Waals surface area contributed by atoms with Crippen molar-refractivity contribution in [2.45, 2.75) is 12.5 Å². The van der Waals surface area contributed by atoms with Gasteiger partial charge in [0.25, 0.3) is 0 Å². The standard InChI is InChI=1S/C14H24N2O2/c1-14(17,12-16(2)3)11-15-9-10-18-13-7-5-4-6-8-13/h4-8,15,17H,9-12H2,1-3H3. The summed E-state index contributed by atoms with van der Waals surface area (Å²) in [6.07, 6.45) is 0. The van der Waals surface area contributed by atoms with Gasteiger partial charge in [-0.3, -0.25) is 0 Å². The number of hydrogen-bond acceptors (Lipinski definition) is 4. The fourth-order valence-corrected chi connectivity index (χ4v) is 1.85. The van der Waals surface area contributed by atoms with Crippen molar-refractivity contribution in [2.24, 2.45) is 0 Å². The Bertz CT molecular complexity index is 326. The number of ether oxygens (including phenoxy) is 1. The lowest BCUT2D eigenvalue weighted by atomic mass is 10.1. The number of para-hydroxylation sites is 1. The van der Waals surface area contributed by atoms with E-state index in [9.17, 15) is 5.11 Å². The minimum absolute atomic E-state index is 0.559. The maximum Gasteiger partial charge on any atom is 0.119 e. The van der Waals surface area contributed by atoms with Crippen LogP contribution < -0.4 is 10.1 Å². The van der Waals surface area contributed by atoms with Crippen LogP contribution in [0.4, 0.5) is 0 Å². The third-order valence-corrected chi connectivity index (χ3v) is 2.45. The molecule has 0 radical (unpaired) electrons. The molecule has 0 saturated heterocycles. The smallest absolute Gasteiger partial charge is 0.119 e. The molecule has 4 nitrogen and oxygen atoms in total. The average molecular weight is 252 g/mol. The zero-order valence-electron chi connectivity index (χ0n) is 11.5. The van der Waals surface area contributed by atoms with Gasteiger partial charge in [0.05, 0.1) is 5.60 Å². The van der Waals surface area contributed by atoms with Crippen molar-refractivity contribution in [3.05, 3.63) is 30.3 Å². The van der Waals surface area contributed by atoms with Crippen molar-refractivity contribution < 1.29 is 9.84 Å². The minimum atomic E-state index is -0.712. The van der Waals surface area contributed by atoms with E-state index in [2.05, 4.69) is 5.32 Å². The van der Waals surface area contributed by atoms with Crippen LogP contribution in [-0.2, 0) is 0 Å². The number of nitrogens with zero attached hydrogens (tertiary/aromatic N) is 1. The molecule has 0 saturated carbocycles. The molecule has 0 bridgehead atoms. The van der Waals surface area contributed by atoms with E-state index in [1.807, 2.05) is 56.3 Å². The topological polar surface area (TPSA) is 44.7 Å². The first-order chi connectivity index (χ1) is 8.49. The fourth-order valence-electron chi connectivity index (χ4n) is 1.85. The molecule has 1 rings (SSSR count). The summed E-state index contributed by atoms with van der Waals surface area (Å²) in [4.78, 5) is 1.97. The first-order valence-electron chi connectivity index (χ1n) is 6.25. The Hall–Kier alpha value is -1.10. The van der Waals surface area contributed by atoms with Gasteiger partial charge >= 0.3 is 0 Å². The number of hydrogen-bond donors (Lipinski definition) is 2. The molecule has 0 amide bonds. The van der Waals surface area contributed by atoms with Crippen LogP contribution in [0.3, 0.4) is 0 Å². The quantitative estimate of drug-likeness (QED) is 0.677. The highest BCUT2D eigenvalue weighted by Crippen LogP contribution is 2.07. The first kappa shape index (κ1) is 15.0. The van der Waals surface area contributed by atoms with Crippen LogP contribution in [0.15, 0.2) is 30.3 Å². The number of aliphatic hydroxyl groups is 1. The van der Waals surface area contributed by atoms with E-state index in [4.69, 9.17) is 4.74 Å². The molecule has 1 atom stereocenters. The maximum absolute atomic E-state index is 10.1. The molecule has 4 heteroatoms. The molecule has 1 unspecified atom stereocenters. The lowest BCUT2D eigenvalue weighted by Gasteiger charge is -2.27. The Balaban J connectivity index is 2.12. The molecule has 18 heavy (non-hydrogen) atoms. The van der Waals surface area contributed by atoms with E-state index in [0.717, 1.165) is 12.3 Å². The van der Waals surface area contributed by atoms with Crippen molar-refractivity contribution in [2.75, 3.05) is 40.3 Å². The fraction of sp³-hybridized carbons (Fsp3) is 0.571. The van der Waals surface area contributed by atoms with Crippen molar-refractivity contribution in [3.63, 3.8) is 0 Å². The molecule has 0 fully saturated rings. The normalized spacial score (nSPS) is 14.5. The SMILES string of the molecule is CN(C)CC(C)(O)CNCCOc1ccccc1. The number of nitrogens with one attached hydrogen (secondary N) is 1. The molecule has 0 aliphatic carbocycles. The summed E-state index contributed by atoms with van der Waals surface area (Å²) in [5, 5.41) is 13.3. The Morgan fingerprint density at radius 2 is 1.94 bits per heavy atom. The molecule has 0 aliphatic heterocycles. The summed E-state index contributed by atoms with van der Waals surface area (Å²) >= 11 is 0. The van der Waals surface area contributed by atoms with E-state index in [-0.39, 0.29) is 0 Å². The molecule has 0 aliphatic rings. The molecule has 0 aromatic heterocycles. The Kier molecular flexibility index (Phi) is 6.12. The Labute approximate surface area is 110 Å². The third-order valence-electron chi connectivity index (χ3n) is 2.45. The van der Waals surface area contributed by atoms with Gasteiger partial charge < -0.3 is 20.1 Å². The van der Waals surface area contributed by atoms with Crippen LogP contribution in [0.1, 0.15) is 6.92 Å². The first-order valence-corrected chi connectivity index (χ1v) is 6.25. The van der Waals surface area contributed by atoms with Crippen LogP contribution in [0.5, 0.6) is 5.75 Å². The average Bonchev–Trinajstić information content (AvgIpc) is 2.28. The highest BCUT2D eigenvalue weighted by molar-refractivity contribution is 5.20. The van der Waals surface area contributed by atoms with E-state index < -0.39 is 5.60 Å². The number of benzene rings is 1. The van der Waals surface area contributed by atoms with Gasteiger partial charge in [0.15, 0.2) is 0 Å². The zero-order chi connectivity index (χ0) is 13.4. The predicted molar refractivity (Wildman–Crippen MR) is 74.0 cm³/mol. The molecule has 2 N–H and O–H groups in total. The largest absolute Gasteiger partial charge is 0.492 e. The molecule has 1 aromatic rings. The second-order valence-corrected chi connectivity index (χ2v) is 5.07. The molecular weight excluding hydrogens is 228 g/mol. The highest BCUT2D eigenvalue weighted by Gasteiger charge is 2.20. The van der Waals surface area contributed by atoms with Crippen LogP contribution in [0.25, 0.3) is 0 Å². The molecule has 0 heterocycles. The van der Waals surface area contributed by atoms with Gasteiger partial charge in [-0.15, -0.1) is 0 Å². The Morgan fingerprint density at radius 3 is 2.56 bits per heavy atom. The van der Waals surface area contributed by atoms with Gasteiger partial charge in [-0.2, -0.15) is 0 Å². The monoisotopic (exact) mass is 252 g/mol. The van der Waals surface area contributed by atoms with Gasteiger partial charge in [-0.1, -0.05) is 18.2 Å². The van der Waals surface area contributed by atoms with Gasteiger partial charge in [-0.05, 0) is 33.2 Å². The summed E-state index contributed by atoms with van der Waals surface area (Å²) in [7, 11) is 3.90. The van der Waals surface area contributed by atoms with E-state index >= 15 is 0 Å². The second kappa shape index (κ2) is 7.36. The van der Waals surface area contributed by atoms with E-state index in [0.29, 0.717) is 19.7 Å². The second-order valence-electron chi connectivity index (χ2n) is 5.07. The number of rotatable bonds is 8. The van der Waals surface area contributed by atoms with Crippen LogP contribution >= 0.6 is 0 Å². The highest BCUT2D eigenvalue weighted by atomic mass is 16.5. The van der Waals surface area contributed by atoms with Gasteiger partial charge in [0.1, 0.15) is 12.4 Å². The maximum atomic E-state index is 10.1. The van der Waals surface area contributed by atoms with Crippen molar-refractivity contribution in [3.8, 4) is 5.75 Å². The Morgan fingerprint density at radius 1 is 1.28 bits per heavy atom. The van der Waals surface area contributed by atoms with Gasteiger partial charge in [0.2, 0.25) is 0 Å². The lowest BCUT2D eigenvalue weighted by molar-refractivity contribution is 0.0333. The van der Waals surface area contributed by atoms with Crippen molar-refractivity contribution in [1.29, 1.82) is 0 Å². The van der Waals surface area contributed by atoms with Crippen LogP contribution in [-0.4, -0.2) is 55.9 Å². The summed E-state index contributed by atoms with van der Waals surface area (Å²) < 4.78 is 5.55. The van der Waals surface area contributed by atoms with E-state index in [1.54, 1.807) is 0 Å². The van der Waals surface area contributed by atoms with Crippen molar-refractivity contribution in [1.82, 2.24) is 10.2 Å². The van der Waals surface area contributed by atoms with Crippen LogP contribution in [0, 0.1) is 0 Å². The number of likely N-dealkylation sites (N-methyl/N-ethyl adjacent to an activating group) is 1. The molecule has 0 spiro atoms. The van der Waals surface area contributed by atoms with Gasteiger partial charge in [0, 0.05) is 19.6 Å². The third kappa shape index (κ3) is 6.59. The molecule has 102 valence electrons. The van der Waals surface area contributed by atoms with E-state index in [1.165, 1.54) is 0 Å². The lowest BCUT2D eigenvalue weighted by Crippen LogP contribution is -2.46. The summed E-state index contributed by atoms with van der Waals surface area (Å²) in [5.74, 6) is 0.874. The minimum Gasteiger partial charge on any atom is -0.492 e. The van der Waals surface area contributed by atoms with Crippen LogP contribution in [0.2, 0.25) is 0 Å². The van der Waals surface area contributed by atoms with Crippen molar-refractivity contribution >= 4 is 0 Å². The summed E-state index contributed by atoms with van der Waals surface area (Å²) in [6, 6.07) is 9.73. The molecule has 1 aromatic carbocycles.